The topological polar surface area (TPSA) is 110 Å². The molecule has 0 unspecified atom stereocenters. The fraction of sp³-hybridized carbons (Fsp3) is 0.500. The van der Waals surface area contributed by atoms with Gasteiger partial charge >= 0.3 is 0 Å². The highest BCUT2D eigenvalue weighted by Gasteiger charge is 2.60. The standard InChI is InChI=1S/C20H25N3O4/c1-8-9(2)11-12(13(21)10(8)3)17(26)23(16(11)25)14-15(24)22-18(27)20(6,7)19(14,4)5/h14H,21H2,1-7H3,(H,22,24,27)/t14-/m0/s1/i14D. The first-order valence-corrected chi connectivity index (χ1v) is 8.78. The van der Waals surface area contributed by atoms with Gasteiger partial charge in [0, 0.05) is 11.1 Å². The molecule has 2 aliphatic heterocycles. The third kappa shape index (κ3) is 2.14. The molecule has 144 valence electrons. The Morgan fingerprint density at radius 3 is 2.00 bits per heavy atom. The Kier molecular flexibility index (Phi) is 3.54. The van der Waals surface area contributed by atoms with Gasteiger partial charge < -0.3 is 5.73 Å². The molecule has 3 N–H and O–H groups in total. The van der Waals surface area contributed by atoms with Crippen molar-refractivity contribution in [2.45, 2.75) is 54.5 Å². The lowest BCUT2D eigenvalue weighted by Crippen LogP contribution is -2.68. The third-order valence-electron chi connectivity index (χ3n) is 6.65. The maximum atomic E-state index is 13.3. The maximum absolute atomic E-state index is 13.3. The van der Waals surface area contributed by atoms with E-state index in [2.05, 4.69) is 5.32 Å². The first-order valence-electron chi connectivity index (χ1n) is 9.28. The Hall–Kier alpha value is -2.70. The van der Waals surface area contributed by atoms with Crippen molar-refractivity contribution in [1.82, 2.24) is 10.2 Å². The monoisotopic (exact) mass is 372 g/mol. The summed E-state index contributed by atoms with van der Waals surface area (Å²) >= 11 is 0. The SMILES string of the molecule is [2H][C@]1(N2C(=O)c3c(C)c(C)c(C)c(N)c3C2=O)C(=O)NC(=O)C(C)(C)C1(C)C. The van der Waals surface area contributed by atoms with Crippen LogP contribution in [-0.2, 0) is 9.59 Å². The molecule has 1 atom stereocenters. The van der Waals surface area contributed by atoms with E-state index >= 15 is 0 Å². The van der Waals surface area contributed by atoms with Crippen LogP contribution in [0.25, 0.3) is 0 Å². The van der Waals surface area contributed by atoms with E-state index < -0.39 is 40.5 Å². The Bertz CT molecular complexity index is 949. The van der Waals surface area contributed by atoms with E-state index in [4.69, 9.17) is 7.10 Å². The van der Waals surface area contributed by atoms with Crippen LogP contribution in [0.4, 0.5) is 5.69 Å². The zero-order valence-electron chi connectivity index (χ0n) is 17.7. The van der Waals surface area contributed by atoms with Crippen LogP contribution in [0.2, 0.25) is 0 Å². The van der Waals surface area contributed by atoms with Gasteiger partial charge in [-0.2, -0.15) is 0 Å². The summed E-state index contributed by atoms with van der Waals surface area (Å²) in [6.07, 6.45) is 0. The van der Waals surface area contributed by atoms with Crippen LogP contribution in [0.1, 0.15) is 66.5 Å². The van der Waals surface area contributed by atoms with Crippen LogP contribution in [-0.4, -0.2) is 34.5 Å². The van der Waals surface area contributed by atoms with Gasteiger partial charge in [-0.25, -0.2) is 0 Å². The number of rotatable bonds is 1. The van der Waals surface area contributed by atoms with E-state index in [0.29, 0.717) is 16.0 Å². The molecule has 27 heavy (non-hydrogen) atoms. The van der Waals surface area contributed by atoms with E-state index in [1.54, 1.807) is 48.5 Å². The molecule has 4 amide bonds. The molecule has 1 aromatic rings. The molecule has 0 bridgehead atoms. The summed E-state index contributed by atoms with van der Waals surface area (Å²) in [7, 11) is 0. The van der Waals surface area contributed by atoms with Gasteiger partial charge in [-0.1, -0.05) is 27.7 Å². The number of carbonyl (C=O) groups is 4. The van der Waals surface area contributed by atoms with Crippen LogP contribution in [0, 0.1) is 31.6 Å². The number of amides is 4. The van der Waals surface area contributed by atoms with Crippen molar-refractivity contribution >= 4 is 29.3 Å². The quantitative estimate of drug-likeness (QED) is 0.578. The molecule has 2 heterocycles. The van der Waals surface area contributed by atoms with Crippen molar-refractivity contribution in [1.29, 1.82) is 0 Å². The maximum Gasteiger partial charge on any atom is 0.264 e. The largest absolute Gasteiger partial charge is 0.398 e. The minimum atomic E-state index is -2.32. The summed E-state index contributed by atoms with van der Waals surface area (Å²) in [4.78, 5) is 52.6. The molecule has 1 saturated heterocycles. The highest BCUT2D eigenvalue weighted by Crippen LogP contribution is 2.48. The van der Waals surface area contributed by atoms with Gasteiger partial charge in [-0.3, -0.25) is 29.4 Å². The smallest absolute Gasteiger partial charge is 0.264 e. The molecule has 1 fully saturated rings. The molecule has 1 aromatic carbocycles. The van der Waals surface area contributed by atoms with Crippen molar-refractivity contribution in [2.75, 3.05) is 5.73 Å². The summed E-state index contributed by atoms with van der Waals surface area (Å²) in [5.41, 5.74) is 5.97. The van der Waals surface area contributed by atoms with Crippen molar-refractivity contribution < 1.29 is 20.5 Å². The molecule has 0 radical (unpaired) electrons. The number of nitrogen functional groups attached to an aromatic ring is 1. The van der Waals surface area contributed by atoms with Crippen LogP contribution >= 0.6 is 0 Å². The normalized spacial score (nSPS) is 26.8. The number of fused-ring (bicyclic) bond motifs is 1. The summed E-state index contributed by atoms with van der Waals surface area (Å²) in [6.45, 7) is 11.5. The number of nitrogens with one attached hydrogen (secondary N) is 1. The molecule has 0 saturated carbocycles. The van der Waals surface area contributed by atoms with E-state index in [1.807, 2.05) is 0 Å². The average molecular weight is 372 g/mol. The van der Waals surface area contributed by atoms with Crippen molar-refractivity contribution in [3.63, 3.8) is 0 Å². The molecule has 3 rings (SSSR count). The highest BCUT2D eigenvalue weighted by atomic mass is 16.2. The predicted octanol–water partition coefficient (Wildman–Crippen LogP) is 1.87. The predicted molar refractivity (Wildman–Crippen MR) is 100 cm³/mol. The van der Waals surface area contributed by atoms with Crippen LogP contribution in [0.3, 0.4) is 0 Å². The lowest BCUT2D eigenvalue weighted by molar-refractivity contribution is -0.155. The highest BCUT2D eigenvalue weighted by molar-refractivity contribution is 6.26. The first-order chi connectivity index (χ1) is 12.6. The number of hydrogen-bond donors (Lipinski definition) is 2. The van der Waals surface area contributed by atoms with Gasteiger partial charge in [0.25, 0.3) is 11.8 Å². The third-order valence-corrected chi connectivity index (χ3v) is 6.65. The second-order valence-corrected chi connectivity index (χ2v) is 8.37. The van der Waals surface area contributed by atoms with Crippen LogP contribution < -0.4 is 11.1 Å². The van der Waals surface area contributed by atoms with Gasteiger partial charge in [-0.05, 0) is 37.5 Å². The first kappa shape index (κ1) is 17.7. The fourth-order valence-electron chi connectivity index (χ4n) is 3.75. The molecule has 2 aliphatic rings. The molecule has 7 heteroatoms. The molecule has 7 nitrogen and oxygen atoms in total. The van der Waals surface area contributed by atoms with Crippen molar-refractivity contribution in [3.8, 4) is 0 Å². The van der Waals surface area contributed by atoms with Crippen molar-refractivity contribution in [2.24, 2.45) is 10.8 Å². The lowest BCUT2D eigenvalue weighted by Gasteiger charge is -2.50. The zero-order valence-corrected chi connectivity index (χ0v) is 16.7. The number of hydrogen-bond acceptors (Lipinski definition) is 5. The van der Waals surface area contributed by atoms with Gasteiger partial charge in [0.05, 0.1) is 17.9 Å². The second-order valence-electron chi connectivity index (χ2n) is 8.37. The molecule has 0 aromatic heterocycles. The molecule has 0 spiro atoms. The van der Waals surface area contributed by atoms with E-state index in [9.17, 15) is 19.2 Å². The number of benzene rings is 1. The second kappa shape index (κ2) is 5.41. The number of nitrogens with zero attached hydrogens (tertiary/aromatic N) is 1. The van der Waals surface area contributed by atoms with Gasteiger partial charge in [0.15, 0.2) is 0 Å². The summed E-state index contributed by atoms with van der Waals surface area (Å²) in [6, 6.07) is -2.32. The number of anilines is 1. The average Bonchev–Trinajstić information content (AvgIpc) is 2.86. The van der Waals surface area contributed by atoms with Gasteiger partial charge in [-0.15, -0.1) is 0 Å². The lowest BCUT2D eigenvalue weighted by atomic mass is 9.60. The summed E-state index contributed by atoms with van der Waals surface area (Å²) in [5.74, 6) is -3.08. The van der Waals surface area contributed by atoms with Crippen molar-refractivity contribution in [3.05, 3.63) is 27.8 Å². The number of piperidine rings is 1. The molecular formula is C20H25N3O4. The Morgan fingerprint density at radius 1 is 0.926 bits per heavy atom. The Morgan fingerprint density at radius 2 is 1.44 bits per heavy atom. The van der Waals surface area contributed by atoms with Crippen LogP contribution in [0.15, 0.2) is 0 Å². The minimum absolute atomic E-state index is 0.0236. The zero-order chi connectivity index (χ0) is 21.6. The minimum Gasteiger partial charge on any atom is -0.398 e. The number of carbonyl (C=O) groups excluding carboxylic acids is 4. The van der Waals surface area contributed by atoms with Gasteiger partial charge in [0.2, 0.25) is 11.8 Å². The van der Waals surface area contributed by atoms with Gasteiger partial charge in [0.1, 0.15) is 6.02 Å². The Balaban J connectivity index is 2.31. The Labute approximate surface area is 159 Å². The summed E-state index contributed by atoms with van der Waals surface area (Å²) in [5, 5.41) is 2.17. The van der Waals surface area contributed by atoms with E-state index in [-0.39, 0.29) is 16.8 Å². The number of imide groups is 2. The van der Waals surface area contributed by atoms with Crippen LogP contribution in [0.5, 0.6) is 0 Å². The van der Waals surface area contributed by atoms with E-state index in [0.717, 1.165) is 5.56 Å². The summed E-state index contributed by atoms with van der Waals surface area (Å²) < 4.78 is 9.04. The fourth-order valence-corrected chi connectivity index (χ4v) is 3.75. The van der Waals surface area contributed by atoms with E-state index in [1.165, 1.54) is 0 Å². The molecular weight excluding hydrogens is 346 g/mol. The number of nitrogens with two attached hydrogens (primary N) is 1. The molecule has 0 aliphatic carbocycles.